The Morgan fingerprint density at radius 3 is 2.36 bits per heavy atom. The summed E-state index contributed by atoms with van der Waals surface area (Å²) < 4.78 is 40.7. The number of carbonyl (C=O) groups excluding carboxylic acids is 2. The minimum Gasteiger partial charge on any atom is -0.493 e. The molecule has 0 heterocycles. The van der Waals surface area contributed by atoms with Gasteiger partial charge in [-0.2, -0.15) is 8.78 Å². The Bertz CT molecular complexity index is 847. The monoisotopic (exact) mass is 411 g/mol. The summed E-state index contributed by atoms with van der Waals surface area (Å²) in [6.07, 6.45) is -1.15. The van der Waals surface area contributed by atoms with Crippen LogP contribution in [-0.2, 0) is 9.53 Å². The van der Waals surface area contributed by atoms with Crippen molar-refractivity contribution >= 4 is 29.3 Å². The molecule has 9 heteroatoms. The molecule has 2 rings (SSSR count). The summed E-state index contributed by atoms with van der Waals surface area (Å²) in [5, 5.41) is 2.59. The van der Waals surface area contributed by atoms with Gasteiger partial charge in [-0.25, -0.2) is 4.79 Å². The Hall–Kier alpha value is -2.81. The quantitative estimate of drug-likeness (QED) is 0.518. The number of nitrogens with one attached hydrogen (secondary N) is 1. The number of methoxy groups -OCH3 is 2. The maximum absolute atomic E-state index is 12.6. The fourth-order valence-electron chi connectivity index (χ4n) is 2.27. The van der Waals surface area contributed by atoms with Gasteiger partial charge in [0.05, 0.1) is 19.8 Å². The molecular weight excluding hydrogens is 392 g/mol. The number of amides is 1. The van der Waals surface area contributed by atoms with Crippen LogP contribution in [0.4, 0.5) is 14.5 Å². The van der Waals surface area contributed by atoms with Crippen molar-refractivity contribution in [2.75, 3.05) is 19.5 Å². The van der Waals surface area contributed by atoms with Crippen LogP contribution in [-0.4, -0.2) is 38.0 Å². The number of anilines is 1. The molecule has 6 nitrogen and oxygen atoms in total. The van der Waals surface area contributed by atoms with Crippen molar-refractivity contribution in [2.24, 2.45) is 0 Å². The first-order valence-electron chi connectivity index (χ1n) is 8.13. The van der Waals surface area contributed by atoms with E-state index in [1.165, 1.54) is 45.4 Å². The normalized spacial score (nSPS) is 11.6. The highest BCUT2D eigenvalue weighted by atomic mass is 32.2. The van der Waals surface area contributed by atoms with Crippen LogP contribution in [0.5, 0.6) is 11.5 Å². The van der Waals surface area contributed by atoms with Gasteiger partial charge < -0.3 is 19.5 Å². The Balaban J connectivity index is 2.05. The summed E-state index contributed by atoms with van der Waals surface area (Å²) in [7, 11) is 2.95. The standard InChI is InChI=1S/C19H19F2NO5S/c1-11(17(23)22-12-8-9-14(25-2)15(10-12)26-3)27-18(24)13-6-4-5-7-16(13)28-19(20)21/h4-11,19H,1-3H3,(H,22,23)/t11-/m0/s1. The van der Waals surface area contributed by atoms with Gasteiger partial charge in [-0.1, -0.05) is 23.9 Å². The zero-order valence-electron chi connectivity index (χ0n) is 15.4. The van der Waals surface area contributed by atoms with Gasteiger partial charge >= 0.3 is 5.97 Å². The van der Waals surface area contributed by atoms with Crippen molar-refractivity contribution < 1.29 is 32.6 Å². The second-order valence-corrected chi connectivity index (χ2v) is 6.51. The van der Waals surface area contributed by atoms with E-state index >= 15 is 0 Å². The molecule has 0 aliphatic heterocycles. The molecule has 2 aromatic rings. The molecule has 0 aromatic heterocycles. The van der Waals surface area contributed by atoms with E-state index in [1.807, 2.05) is 0 Å². The van der Waals surface area contributed by atoms with Gasteiger partial charge in [-0.3, -0.25) is 4.79 Å². The van der Waals surface area contributed by atoms with Crippen molar-refractivity contribution in [2.45, 2.75) is 23.7 Å². The van der Waals surface area contributed by atoms with Crippen LogP contribution in [0.2, 0.25) is 0 Å². The van der Waals surface area contributed by atoms with Gasteiger partial charge in [-0.15, -0.1) is 0 Å². The average molecular weight is 411 g/mol. The summed E-state index contributed by atoms with van der Waals surface area (Å²) in [5.41, 5.74) is 0.387. The van der Waals surface area contributed by atoms with E-state index in [9.17, 15) is 18.4 Å². The number of thioether (sulfide) groups is 1. The minimum absolute atomic E-state index is 0.0291. The molecule has 0 saturated carbocycles. The van der Waals surface area contributed by atoms with Crippen molar-refractivity contribution in [3.05, 3.63) is 48.0 Å². The maximum atomic E-state index is 12.6. The molecule has 0 aliphatic carbocycles. The molecule has 0 radical (unpaired) electrons. The SMILES string of the molecule is COc1ccc(NC(=O)[C@H](C)OC(=O)c2ccccc2SC(F)F)cc1OC. The zero-order chi connectivity index (χ0) is 20.7. The topological polar surface area (TPSA) is 73.9 Å². The van der Waals surface area contributed by atoms with E-state index in [2.05, 4.69) is 5.32 Å². The molecule has 0 fully saturated rings. The van der Waals surface area contributed by atoms with Crippen LogP contribution in [0.15, 0.2) is 47.4 Å². The lowest BCUT2D eigenvalue weighted by atomic mass is 10.2. The lowest BCUT2D eigenvalue weighted by Crippen LogP contribution is -2.30. The van der Waals surface area contributed by atoms with Crippen LogP contribution in [0.1, 0.15) is 17.3 Å². The maximum Gasteiger partial charge on any atom is 0.340 e. The van der Waals surface area contributed by atoms with Gasteiger partial charge in [0.2, 0.25) is 0 Å². The molecule has 1 atom stereocenters. The summed E-state index contributed by atoms with van der Waals surface area (Å²) in [4.78, 5) is 24.7. The lowest BCUT2D eigenvalue weighted by Gasteiger charge is -2.16. The van der Waals surface area contributed by atoms with E-state index in [-0.39, 0.29) is 22.2 Å². The number of esters is 1. The largest absolute Gasteiger partial charge is 0.493 e. The molecule has 0 aliphatic rings. The molecule has 1 N–H and O–H groups in total. The number of ether oxygens (including phenoxy) is 3. The predicted octanol–water partition coefficient (Wildman–Crippen LogP) is 4.20. The molecular formula is C19H19F2NO5S. The Kier molecular flexibility index (Phi) is 7.62. The van der Waals surface area contributed by atoms with Gasteiger partial charge in [0.1, 0.15) is 0 Å². The zero-order valence-corrected chi connectivity index (χ0v) is 16.2. The van der Waals surface area contributed by atoms with Gasteiger partial charge in [0.25, 0.3) is 11.7 Å². The summed E-state index contributed by atoms with van der Waals surface area (Å²) in [6, 6.07) is 10.6. The minimum atomic E-state index is -2.68. The van der Waals surface area contributed by atoms with Crippen LogP contribution in [0.3, 0.4) is 0 Å². The number of carbonyl (C=O) groups is 2. The van der Waals surface area contributed by atoms with E-state index in [0.29, 0.717) is 17.2 Å². The highest BCUT2D eigenvalue weighted by Crippen LogP contribution is 2.30. The Labute approximate surface area is 165 Å². The number of hydrogen-bond acceptors (Lipinski definition) is 6. The van der Waals surface area contributed by atoms with E-state index in [4.69, 9.17) is 14.2 Å². The summed E-state index contributed by atoms with van der Waals surface area (Å²) >= 11 is 0.239. The lowest BCUT2D eigenvalue weighted by molar-refractivity contribution is -0.123. The van der Waals surface area contributed by atoms with Crippen molar-refractivity contribution in [1.82, 2.24) is 0 Å². The third kappa shape index (κ3) is 5.59. The number of benzene rings is 2. The molecule has 28 heavy (non-hydrogen) atoms. The number of hydrogen-bond donors (Lipinski definition) is 1. The van der Waals surface area contributed by atoms with E-state index in [0.717, 1.165) is 0 Å². The van der Waals surface area contributed by atoms with Crippen molar-refractivity contribution in [1.29, 1.82) is 0 Å². The number of rotatable bonds is 8. The second kappa shape index (κ2) is 9.93. The first kappa shape index (κ1) is 21.5. The Morgan fingerprint density at radius 1 is 1.04 bits per heavy atom. The third-order valence-electron chi connectivity index (χ3n) is 3.63. The number of alkyl halides is 2. The smallest absolute Gasteiger partial charge is 0.340 e. The van der Waals surface area contributed by atoms with Gasteiger partial charge in [-0.05, 0) is 31.2 Å². The number of halogens is 2. The fourth-order valence-corrected chi connectivity index (χ4v) is 2.90. The van der Waals surface area contributed by atoms with E-state index < -0.39 is 23.7 Å². The highest BCUT2D eigenvalue weighted by Gasteiger charge is 2.22. The average Bonchev–Trinajstić information content (AvgIpc) is 2.67. The first-order valence-corrected chi connectivity index (χ1v) is 9.01. The molecule has 1 amide bonds. The van der Waals surface area contributed by atoms with Gasteiger partial charge in [0.15, 0.2) is 17.6 Å². The predicted molar refractivity (Wildman–Crippen MR) is 101 cm³/mol. The summed E-state index contributed by atoms with van der Waals surface area (Å²) in [5.74, 6) is -3.21. The first-order chi connectivity index (χ1) is 13.3. The molecule has 0 spiro atoms. The van der Waals surface area contributed by atoms with E-state index in [1.54, 1.807) is 18.2 Å². The fraction of sp³-hybridized carbons (Fsp3) is 0.263. The molecule has 0 bridgehead atoms. The van der Waals surface area contributed by atoms with Crippen LogP contribution < -0.4 is 14.8 Å². The molecule has 0 saturated heterocycles. The third-order valence-corrected chi connectivity index (χ3v) is 4.42. The van der Waals surface area contributed by atoms with Gasteiger partial charge in [0, 0.05) is 16.6 Å². The molecule has 2 aromatic carbocycles. The van der Waals surface area contributed by atoms with Crippen LogP contribution in [0.25, 0.3) is 0 Å². The highest BCUT2D eigenvalue weighted by molar-refractivity contribution is 7.99. The molecule has 150 valence electrons. The Morgan fingerprint density at radius 2 is 1.71 bits per heavy atom. The summed E-state index contributed by atoms with van der Waals surface area (Å²) in [6.45, 7) is 1.39. The van der Waals surface area contributed by atoms with Crippen molar-refractivity contribution in [3.8, 4) is 11.5 Å². The van der Waals surface area contributed by atoms with Crippen molar-refractivity contribution in [3.63, 3.8) is 0 Å². The second-order valence-electron chi connectivity index (χ2n) is 5.48. The molecule has 0 unspecified atom stereocenters. The van der Waals surface area contributed by atoms with Crippen LogP contribution >= 0.6 is 11.8 Å². The van der Waals surface area contributed by atoms with Crippen LogP contribution in [0, 0.1) is 0 Å².